The van der Waals surface area contributed by atoms with Gasteiger partial charge in [0.25, 0.3) is 0 Å². The number of alkyl halides is 1. The van der Waals surface area contributed by atoms with Gasteiger partial charge < -0.3 is 9.64 Å². The van der Waals surface area contributed by atoms with E-state index in [1.54, 1.807) is 7.11 Å². The van der Waals surface area contributed by atoms with Gasteiger partial charge in [-0.1, -0.05) is 17.7 Å². The fraction of sp³-hybridized carbons (Fsp3) is 0.538. The average molecular weight is 276 g/mol. The zero-order chi connectivity index (χ0) is 12.8. The van der Waals surface area contributed by atoms with Crippen molar-refractivity contribution in [3.8, 4) is 0 Å². The first-order chi connectivity index (χ1) is 8.15. The summed E-state index contributed by atoms with van der Waals surface area (Å²) in [6, 6.07) is 6.18. The molecular weight excluding hydrogens is 257 g/mol. The highest BCUT2D eigenvalue weighted by atomic mass is 35.5. The number of likely N-dealkylation sites (N-methyl/N-ethyl adjacent to an activating group) is 1. The Morgan fingerprint density at radius 2 is 2.12 bits per heavy atom. The third kappa shape index (κ3) is 3.51. The molecule has 0 aliphatic carbocycles. The summed E-state index contributed by atoms with van der Waals surface area (Å²) in [5, 5.41) is 0.723. The number of benzene rings is 1. The third-order valence-corrected chi connectivity index (χ3v) is 3.44. The van der Waals surface area contributed by atoms with Gasteiger partial charge in [-0.25, -0.2) is 0 Å². The number of ether oxygens (including phenoxy) is 1. The van der Waals surface area contributed by atoms with Gasteiger partial charge in [-0.05, 0) is 26.0 Å². The molecule has 0 aromatic heterocycles. The van der Waals surface area contributed by atoms with Crippen molar-refractivity contribution in [2.45, 2.75) is 25.8 Å². The SMILES string of the molecule is CCN(c1cccc(Cl)c1CCl)C(C)COC. The van der Waals surface area contributed by atoms with E-state index in [9.17, 15) is 0 Å². The lowest BCUT2D eigenvalue weighted by molar-refractivity contribution is 0.182. The molecule has 0 bridgehead atoms. The number of halogens is 2. The zero-order valence-electron chi connectivity index (χ0n) is 10.5. The van der Waals surface area contributed by atoms with E-state index < -0.39 is 0 Å². The summed E-state index contributed by atoms with van der Waals surface area (Å²) in [6.07, 6.45) is 0. The first-order valence-electron chi connectivity index (χ1n) is 5.74. The van der Waals surface area contributed by atoms with Crippen molar-refractivity contribution >= 4 is 28.9 Å². The first kappa shape index (κ1) is 14.6. The molecule has 0 spiro atoms. The summed E-state index contributed by atoms with van der Waals surface area (Å²) >= 11 is 12.1. The van der Waals surface area contributed by atoms with E-state index in [-0.39, 0.29) is 0 Å². The van der Waals surface area contributed by atoms with Crippen LogP contribution in [0.25, 0.3) is 0 Å². The number of nitrogens with zero attached hydrogens (tertiary/aromatic N) is 1. The predicted molar refractivity (Wildman–Crippen MR) is 75.4 cm³/mol. The quantitative estimate of drug-likeness (QED) is 0.730. The Hall–Kier alpha value is -0.440. The van der Waals surface area contributed by atoms with Gasteiger partial charge in [0, 0.05) is 36.0 Å². The summed E-state index contributed by atoms with van der Waals surface area (Å²) in [5.41, 5.74) is 2.08. The summed E-state index contributed by atoms with van der Waals surface area (Å²) in [6.45, 7) is 5.83. The van der Waals surface area contributed by atoms with Crippen LogP contribution < -0.4 is 4.90 Å². The molecule has 0 amide bonds. The van der Waals surface area contributed by atoms with Crippen LogP contribution in [0.5, 0.6) is 0 Å². The highest BCUT2D eigenvalue weighted by Crippen LogP contribution is 2.30. The van der Waals surface area contributed by atoms with Gasteiger partial charge in [-0.3, -0.25) is 0 Å². The minimum Gasteiger partial charge on any atom is -0.383 e. The Kier molecular flexibility index (Phi) is 6.10. The van der Waals surface area contributed by atoms with E-state index in [1.807, 2.05) is 12.1 Å². The van der Waals surface area contributed by atoms with Crippen molar-refractivity contribution in [2.75, 3.05) is 25.2 Å². The lowest BCUT2D eigenvalue weighted by Crippen LogP contribution is -2.36. The van der Waals surface area contributed by atoms with E-state index in [4.69, 9.17) is 27.9 Å². The monoisotopic (exact) mass is 275 g/mol. The number of hydrogen-bond donors (Lipinski definition) is 0. The topological polar surface area (TPSA) is 12.5 Å². The maximum atomic E-state index is 6.17. The number of methoxy groups -OCH3 is 1. The highest BCUT2D eigenvalue weighted by molar-refractivity contribution is 6.32. The smallest absolute Gasteiger partial charge is 0.0663 e. The molecule has 0 saturated carbocycles. The molecule has 96 valence electrons. The van der Waals surface area contributed by atoms with Gasteiger partial charge in [0.1, 0.15) is 0 Å². The molecule has 4 heteroatoms. The van der Waals surface area contributed by atoms with Gasteiger partial charge in [-0.15, -0.1) is 11.6 Å². The molecule has 1 aromatic rings. The lowest BCUT2D eigenvalue weighted by atomic mass is 10.1. The second kappa shape index (κ2) is 7.10. The normalized spacial score (nSPS) is 12.5. The summed E-state index contributed by atoms with van der Waals surface area (Å²) in [4.78, 5) is 2.26. The van der Waals surface area contributed by atoms with E-state index in [0.717, 1.165) is 22.8 Å². The second-order valence-electron chi connectivity index (χ2n) is 3.96. The Bertz CT molecular complexity index is 357. The fourth-order valence-electron chi connectivity index (χ4n) is 2.00. The van der Waals surface area contributed by atoms with E-state index in [2.05, 4.69) is 24.8 Å². The Morgan fingerprint density at radius 1 is 1.41 bits per heavy atom. The molecule has 1 aromatic carbocycles. The van der Waals surface area contributed by atoms with Crippen molar-refractivity contribution in [2.24, 2.45) is 0 Å². The van der Waals surface area contributed by atoms with Gasteiger partial charge in [0.15, 0.2) is 0 Å². The van der Waals surface area contributed by atoms with Crippen LogP contribution in [0.2, 0.25) is 5.02 Å². The van der Waals surface area contributed by atoms with Crippen molar-refractivity contribution in [1.29, 1.82) is 0 Å². The minimum atomic E-state index is 0.297. The third-order valence-electron chi connectivity index (χ3n) is 2.82. The van der Waals surface area contributed by atoms with Crippen LogP contribution in [0.1, 0.15) is 19.4 Å². The molecule has 0 saturated heterocycles. The maximum absolute atomic E-state index is 6.17. The van der Waals surface area contributed by atoms with Crippen molar-refractivity contribution in [3.05, 3.63) is 28.8 Å². The lowest BCUT2D eigenvalue weighted by Gasteiger charge is -2.31. The van der Waals surface area contributed by atoms with E-state index >= 15 is 0 Å². The fourth-order valence-corrected chi connectivity index (χ4v) is 2.58. The highest BCUT2D eigenvalue weighted by Gasteiger charge is 2.17. The molecule has 0 N–H and O–H groups in total. The van der Waals surface area contributed by atoms with Gasteiger partial charge in [-0.2, -0.15) is 0 Å². The van der Waals surface area contributed by atoms with Crippen molar-refractivity contribution in [1.82, 2.24) is 0 Å². The first-order valence-corrected chi connectivity index (χ1v) is 6.65. The Labute approximate surface area is 113 Å². The van der Waals surface area contributed by atoms with Crippen LogP contribution in [0.4, 0.5) is 5.69 Å². The zero-order valence-corrected chi connectivity index (χ0v) is 12.1. The molecule has 0 radical (unpaired) electrons. The van der Waals surface area contributed by atoms with Gasteiger partial charge in [0.05, 0.1) is 12.5 Å². The van der Waals surface area contributed by atoms with Crippen LogP contribution in [0.3, 0.4) is 0 Å². The second-order valence-corrected chi connectivity index (χ2v) is 4.64. The molecule has 0 aliphatic rings. The molecule has 0 fully saturated rings. The minimum absolute atomic E-state index is 0.297. The predicted octanol–water partition coefficient (Wildman–Crippen LogP) is 3.94. The van der Waals surface area contributed by atoms with Crippen LogP contribution >= 0.6 is 23.2 Å². The molecule has 1 rings (SSSR count). The van der Waals surface area contributed by atoms with Crippen LogP contribution in [-0.2, 0) is 10.6 Å². The molecule has 0 aliphatic heterocycles. The molecule has 0 heterocycles. The van der Waals surface area contributed by atoms with Gasteiger partial charge >= 0.3 is 0 Å². The van der Waals surface area contributed by atoms with Crippen LogP contribution in [-0.4, -0.2) is 26.3 Å². The largest absolute Gasteiger partial charge is 0.383 e. The molecule has 2 nitrogen and oxygen atoms in total. The van der Waals surface area contributed by atoms with Crippen molar-refractivity contribution < 1.29 is 4.74 Å². The summed E-state index contributed by atoms with van der Waals surface area (Å²) < 4.78 is 5.20. The van der Waals surface area contributed by atoms with E-state index in [1.165, 1.54) is 0 Å². The molecule has 17 heavy (non-hydrogen) atoms. The van der Waals surface area contributed by atoms with Crippen LogP contribution in [0, 0.1) is 0 Å². The van der Waals surface area contributed by atoms with Crippen molar-refractivity contribution in [3.63, 3.8) is 0 Å². The van der Waals surface area contributed by atoms with E-state index in [0.29, 0.717) is 18.5 Å². The Balaban J connectivity index is 3.06. The molecule has 1 unspecified atom stereocenters. The number of rotatable bonds is 6. The molecular formula is C13H19Cl2NO. The number of hydrogen-bond acceptors (Lipinski definition) is 2. The maximum Gasteiger partial charge on any atom is 0.0663 e. The number of anilines is 1. The Morgan fingerprint density at radius 3 is 2.65 bits per heavy atom. The summed E-state index contributed by atoms with van der Waals surface area (Å²) in [7, 11) is 1.71. The summed E-state index contributed by atoms with van der Waals surface area (Å²) in [5.74, 6) is 0.422. The van der Waals surface area contributed by atoms with Gasteiger partial charge in [0.2, 0.25) is 0 Å². The average Bonchev–Trinajstić information content (AvgIpc) is 2.30. The standard InChI is InChI=1S/C13H19Cl2NO/c1-4-16(10(2)9-17-3)13-7-5-6-12(15)11(13)8-14/h5-7,10H,4,8-9H2,1-3H3. The van der Waals surface area contributed by atoms with Crippen LogP contribution in [0.15, 0.2) is 18.2 Å². The molecule has 1 atom stereocenters.